The van der Waals surface area contributed by atoms with E-state index < -0.39 is 0 Å². The summed E-state index contributed by atoms with van der Waals surface area (Å²) in [6.45, 7) is 2.73. The number of nitrogens with one attached hydrogen (secondary N) is 1. The van der Waals surface area contributed by atoms with E-state index in [-0.39, 0.29) is 17.8 Å². The molecule has 29 heavy (non-hydrogen) atoms. The number of unbranched alkanes of at least 4 members (excludes halogenated alkanes) is 4. The molecule has 164 valence electrons. The quantitative estimate of drug-likeness (QED) is 0.259. The molecule has 0 aromatic heterocycles. The Bertz CT molecular complexity index is 581. The highest BCUT2D eigenvalue weighted by Crippen LogP contribution is 2.24. The number of Topliss-reactive ketones (excluding diaryl/α,β-unsaturated/α-hetero) is 1. The molecule has 1 atom stereocenters. The lowest BCUT2D eigenvalue weighted by molar-refractivity contribution is -0.121. The summed E-state index contributed by atoms with van der Waals surface area (Å²) in [6.07, 6.45) is 17.7. The van der Waals surface area contributed by atoms with Crippen LogP contribution in [0.3, 0.4) is 0 Å². The highest BCUT2D eigenvalue weighted by molar-refractivity contribution is 6.26. The van der Waals surface area contributed by atoms with Crippen LogP contribution in [0.5, 0.6) is 0 Å². The van der Waals surface area contributed by atoms with Crippen molar-refractivity contribution in [3.63, 3.8) is 0 Å². The van der Waals surface area contributed by atoms with Gasteiger partial charge in [0, 0.05) is 37.6 Å². The lowest BCUT2D eigenvalue weighted by atomic mass is 9.91. The molecule has 0 spiro atoms. The zero-order valence-electron chi connectivity index (χ0n) is 18.2. The monoisotopic (exact) mass is 423 g/mol. The zero-order valence-corrected chi connectivity index (χ0v) is 18.9. The van der Waals surface area contributed by atoms with Crippen LogP contribution in [-0.2, 0) is 14.3 Å². The Hall–Kier alpha value is -1.39. The van der Waals surface area contributed by atoms with Crippen LogP contribution >= 0.6 is 11.6 Å². The van der Waals surface area contributed by atoms with E-state index in [2.05, 4.69) is 18.3 Å². The van der Waals surface area contributed by atoms with Gasteiger partial charge in [-0.3, -0.25) is 9.59 Å². The molecule has 5 heteroatoms. The first-order valence-corrected chi connectivity index (χ1v) is 11.5. The van der Waals surface area contributed by atoms with Gasteiger partial charge in [-0.1, -0.05) is 68.9 Å². The predicted octanol–water partition coefficient (Wildman–Crippen LogP) is 6.01. The Morgan fingerprint density at radius 1 is 1.24 bits per heavy atom. The Labute approximate surface area is 181 Å². The van der Waals surface area contributed by atoms with E-state index in [0.717, 1.165) is 31.3 Å². The number of halogens is 1. The van der Waals surface area contributed by atoms with Crippen molar-refractivity contribution < 1.29 is 14.3 Å². The van der Waals surface area contributed by atoms with E-state index in [1.165, 1.54) is 37.6 Å². The molecule has 0 radical (unpaired) electrons. The normalized spacial score (nSPS) is 16.2. The summed E-state index contributed by atoms with van der Waals surface area (Å²) in [4.78, 5) is 24.1. The van der Waals surface area contributed by atoms with Gasteiger partial charge in [0.05, 0.1) is 6.10 Å². The van der Waals surface area contributed by atoms with Crippen LogP contribution in [-0.4, -0.2) is 31.4 Å². The van der Waals surface area contributed by atoms with E-state index in [9.17, 15) is 9.59 Å². The fourth-order valence-corrected chi connectivity index (χ4v) is 3.69. The maximum absolute atomic E-state index is 12.1. The summed E-state index contributed by atoms with van der Waals surface area (Å²) in [6, 6.07) is 0. The Morgan fingerprint density at radius 3 is 2.72 bits per heavy atom. The van der Waals surface area contributed by atoms with Gasteiger partial charge < -0.3 is 10.1 Å². The smallest absolute Gasteiger partial charge is 0.220 e. The molecule has 4 nitrogen and oxygen atoms in total. The summed E-state index contributed by atoms with van der Waals surface area (Å²) in [5.74, 6) is 0.0956. The number of amides is 1. The van der Waals surface area contributed by atoms with Gasteiger partial charge in [0.1, 0.15) is 0 Å². The van der Waals surface area contributed by atoms with E-state index in [4.69, 9.17) is 16.3 Å². The first-order valence-electron chi connectivity index (χ1n) is 11.1. The summed E-state index contributed by atoms with van der Waals surface area (Å²) in [7, 11) is 1.76. The fourth-order valence-electron chi connectivity index (χ4n) is 3.46. The van der Waals surface area contributed by atoms with Gasteiger partial charge in [-0.2, -0.15) is 0 Å². The largest absolute Gasteiger partial charge is 0.381 e. The van der Waals surface area contributed by atoms with E-state index >= 15 is 0 Å². The van der Waals surface area contributed by atoms with Crippen molar-refractivity contribution in [2.24, 2.45) is 0 Å². The molecule has 1 N–H and O–H groups in total. The molecule has 1 aliphatic rings. The van der Waals surface area contributed by atoms with Crippen molar-refractivity contribution in [1.82, 2.24) is 5.32 Å². The van der Waals surface area contributed by atoms with Gasteiger partial charge in [-0.15, -0.1) is 0 Å². The minimum Gasteiger partial charge on any atom is -0.381 e. The van der Waals surface area contributed by atoms with E-state index in [0.29, 0.717) is 31.4 Å². The van der Waals surface area contributed by atoms with Gasteiger partial charge in [0.15, 0.2) is 5.78 Å². The van der Waals surface area contributed by atoms with Crippen molar-refractivity contribution in [1.29, 1.82) is 0 Å². The van der Waals surface area contributed by atoms with Crippen molar-refractivity contribution in [3.05, 3.63) is 34.9 Å². The second-order valence-electron chi connectivity index (χ2n) is 7.64. The second-order valence-corrected chi connectivity index (χ2v) is 7.86. The summed E-state index contributed by atoms with van der Waals surface area (Å²) >= 11 is 5.89. The first kappa shape index (κ1) is 25.6. The maximum atomic E-state index is 12.1. The standard InChI is InChI=1S/C24H38ClNO3/c1-3-4-5-6-7-12-21(29-2)13-10-11-18-26-24(28)17-16-20(19-25)22-14-8-9-15-23(22)27/h10-11,14,19,21H,3-9,12-13,15-18H2,1-2H3,(H,26,28)/b11-10+,20-19-/t21-/m0/s1. The van der Waals surface area contributed by atoms with Crippen molar-refractivity contribution in [2.75, 3.05) is 13.7 Å². The summed E-state index contributed by atoms with van der Waals surface area (Å²) in [5, 5.41) is 2.89. The number of hydrogen-bond donors (Lipinski definition) is 1. The Morgan fingerprint density at radius 2 is 2.03 bits per heavy atom. The molecular weight excluding hydrogens is 386 g/mol. The zero-order chi connectivity index (χ0) is 21.3. The molecule has 1 rings (SSSR count). The number of hydrogen-bond acceptors (Lipinski definition) is 3. The number of rotatable bonds is 15. The summed E-state index contributed by atoms with van der Waals surface area (Å²) in [5.41, 5.74) is 2.90. The van der Waals surface area contributed by atoms with Crippen LogP contribution in [0.4, 0.5) is 0 Å². The number of ketones is 1. The molecule has 0 aliphatic heterocycles. The van der Waals surface area contributed by atoms with Crippen LogP contribution in [0.1, 0.15) is 84.0 Å². The van der Waals surface area contributed by atoms with Gasteiger partial charge in [0.2, 0.25) is 5.91 Å². The summed E-state index contributed by atoms with van der Waals surface area (Å²) < 4.78 is 5.54. The van der Waals surface area contributed by atoms with Gasteiger partial charge in [-0.05, 0) is 37.7 Å². The molecule has 0 heterocycles. The molecule has 1 aliphatic carbocycles. The molecule has 0 aromatic rings. The van der Waals surface area contributed by atoms with Gasteiger partial charge >= 0.3 is 0 Å². The Kier molecular flexibility index (Phi) is 14.5. The molecule has 0 bridgehead atoms. The Balaban J connectivity index is 2.21. The van der Waals surface area contributed by atoms with E-state index in [1.54, 1.807) is 7.11 Å². The number of carbonyl (C=O) groups excluding carboxylic acids is 2. The van der Waals surface area contributed by atoms with Crippen LogP contribution in [0.2, 0.25) is 0 Å². The molecule has 0 unspecified atom stereocenters. The SMILES string of the molecule is CCCCCCC[C@@H](C/C=C/CNC(=O)CC/C(=C/Cl)C1=CCCCC1=O)OC. The highest BCUT2D eigenvalue weighted by atomic mass is 35.5. The fraction of sp³-hybridized carbons (Fsp3) is 0.667. The number of methoxy groups -OCH3 is 1. The first-order chi connectivity index (χ1) is 14.1. The number of carbonyl (C=O) groups is 2. The third-order valence-electron chi connectivity index (χ3n) is 5.30. The topological polar surface area (TPSA) is 55.4 Å². The third kappa shape index (κ3) is 11.4. The average molecular weight is 424 g/mol. The second kappa shape index (κ2) is 16.4. The molecule has 1 amide bonds. The molecule has 0 fully saturated rings. The van der Waals surface area contributed by atoms with Gasteiger partial charge in [-0.25, -0.2) is 0 Å². The maximum Gasteiger partial charge on any atom is 0.220 e. The van der Waals surface area contributed by atoms with Gasteiger partial charge in [0.25, 0.3) is 0 Å². The number of allylic oxidation sites excluding steroid dienone is 3. The van der Waals surface area contributed by atoms with E-state index in [1.807, 2.05) is 12.2 Å². The predicted molar refractivity (Wildman–Crippen MR) is 121 cm³/mol. The average Bonchev–Trinajstić information content (AvgIpc) is 2.73. The minimum absolute atomic E-state index is 0.0336. The van der Waals surface area contributed by atoms with Crippen molar-refractivity contribution in [2.45, 2.75) is 90.1 Å². The van der Waals surface area contributed by atoms with Crippen LogP contribution in [0.25, 0.3) is 0 Å². The molecular formula is C24H38ClNO3. The highest BCUT2D eigenvalue weighted by Gasteiger charge is 2.17. The molecule has 0 saturated heterocycles. The lowest BCUT2D eigenvalue weighted by Crippen LogP contribution is -2.23. The minimum atomic E-state index is -0.0336. The third-order valence-corrected chi connectivity index (χ3v) is 5.57. The van der Waals surface area contributed by atoms with Crippen LogP contribution < -0.4 is 5.32 Å². The lowest BCUT2D eigenvalue weighted by Gasteiger charge is -2.14. The van der Waals surface area contributed by atoms with Crippen molar-refractivity contribution >= 4 is 23.3 Å². The van der Waals surface area contributed by atoms with Crippen LogP contribution in [0, 0.1) is 0 Å². The molecule has 0 saturated carbocycles. The number of ether oxygens (including phenoxy) is 1. The molecule has 0 aromatic carbocycles. The van der Waals surface area contributed by atoms with Crippen molar-refractivity contribution in [3.8, 4) is 0 Å². The van der Waals surface area contributed by atoms with Crippen LogP contribution in [0.15, 0.2) is 34.9 Å².